The van der Waals surface area contributed by atoms with Gasteiger partial charge in [-0.2, -0.15) is 0 Å². The number of nitrogens with zero attached hydrogens (tertiary/aromatic N) is 1. The zero-order valence-corrected chi connectivity index (χ0v) is 10.6. The van der Waals surface area contributed by atoms with Gasteiger partial charge < -0.3 is 14.8 Å². The maximum absolute atomic E-state index is 11.5. The monoisotopic (exact) mass is 266 g/mol. The molecule has 0 saturated carbocycles. The van der Waals surface area contributed by atoms with Gasteiger partial charge in [0.1, 0.15) is 5.69 Å². The van der Waals surface area contributed by atoms with Gasteiger partial charge in [0.25, 0.3) is 5.69 Å². The number of ether oxygens (including phenoxy) is 2. The van der Waals surface area contributed by atoms with Gasteiger partial charge in [-0.15, -0.1) is 0 Å². The van der Waals surface area contributed by atoms with Gasteiger partial charge in [0.2, 0.25) is 0 Å². The summed E-state index contributed by atoms with van der Waals surface area (Å²) in [5, 5.41) is 14.0. The molecule has 1 heterocycles. The van der Waals surface area contributed by atoms with Crippen LogP contribution in [-0.2, 0) is 9.47 Å². The van der Waals surface area contributed by atoms with E-state index in [4.69, 9.17) is 4.74 Å². The average molecular weight is 266 g/mol. The smallest absolute Gasteiger partial charge is 0.337 e. The van der Waals surface area contributed by atoms with E-state index in [1.54, 1.807) is 0 Å². The molecule has 0 unspecified atom stereocenters. The number of carbonyl (C=O) groups excluding carboxylic acids is 1. The molecule has 0 aromatic heterocycles. The van der Waals surface area contributed by atoms with E-state index < -0.39 is 10.9 Å². The van der Waals surface area contributed by atoms with E-state index in [0.717, 1.165) is 0 Å². The lowest BCUT2D eigenvalue weighted by Crippen LogP contribution is -2.53. The molecule has 1 aromatic carbocycles. The Hall–Kier alpha value is -2.15. The van der Waals surface area contributed by atoms with Crippen molar-refractivity contribution < 1.29 is 19.2 Å². The molecule has 1 aromatic rings. The third-order valence-corrected chi connectivity index (χ3v) is 2.89. The normalized spacial score (nSPS) is 16.3. The average Bonchev–Trinajstić information content (AvgIpc) is 2.35. The van der Waals surface area contributed by atoms with E-state index in [9.17, 15) is 14.9 Å². The minimum absolute atomic E-state index is 0.0826. The molecule has 7 nitrogen and oxygen atoms in total. The molecule has 2 rings (SSSR count). The van der Waals surface area contributed by atoms with Crippen LogP contribution >= 0.6 is 0 Å². The van der Waals surface area contributed by atoms with E-state index in [-0.39, 0.29) is 16.8 Å². The maximum Gasteiger partial charge on any atom is 0.337 e. The first-order valence-corrected chi connectivity index (χ1v) is 5.68. The predicted octanol–water partition coefficient (Wildman–Crippen LogP) is 1.58. The quantitative estimate of drug-likeness (QED) is 0.505. The summed E-state index contributed by atoms with van der Waals surface area (Å²) in [5.74, 6) is -0.534. The fourth-order valence-electron chi connectivity index (χ4n) is 1.85. The van der Waals surface area contributed by atoms with Gasteiger partial charge in [-0.3, -0.25) is 10.1 Å². The standard InChI is InChI=1S/C12H14N2O5/c1-12(6-19-7-12)13-9-5-8(11(15)18-2)3-4-10(9)14(16)17/h3-5,13H,6-7H2,1-2H3. The van der Waals surface area contributed by atoms with Crippen molar-refractivity contribution in [2.45, 2.75) is 12.5 Å². The van der Waals surface area contributed by atoms with Crippen LogP contribution in [0.15, 0.2) is 18.2 Å². The lowest BCUT2D eigenvalue weighted by molar-refractivity contribution is -0.384. The second-order valence-corrected chi connectivity index (χ2v) is 4.66. The third-order valence-electron chi connectivity index (χ3n) is 2.89. The van der Waals surface area contributed by atoms with Crippen molar-refractivity contribution in [3.05, 3.63) is 33.9 Å². The number of nitro groups is 1. The molecule has 1 saturated heterocycles. The number of carbonyl (C=O) groups is 1. The largest absolute Gasteiger partial charge is 0.465 e. The second kappa shape index (κ2) is 4.85. The summed E-state index contributed by atoms with van der Waals surface area (Å²) >= 11 is 0. The van der Waals surface area contributed by atoms with Crippen LogP contribution in [0.3, 0.4) is 0 Å². The van der Waals surface area contributed by atoms with Gasteiger partial charge in [-0.1, -0.05) is 0 Å². The Morgan fingerprint density at radius 2 is 2.21 bits per heavy atom. The molecule has 1 N–H and O–H groups in total. The number of methoxy groups -OCH3 is 1. The third kappa shape index (κ3) is 2.65. The Morgan fingerprint density at radius 1 is 1.53 bits per heavy atom. The van der Waals surface area contributed by atoms with Crippen molar-refractivity contribution in [2.75, 3.05) is 25.6 Å². The molecular weight excluding hydrogens is 252 g/mol. The molecule has 1 fully saturated rings. The van der Waals surface area contributed by atoms with Crippen LogP contribution in [0.4, 0.5) is 11.4 Å². The molecule has 0 spiro atoms. The maximum atomic E-state index is 11.5. The zero-order chi connectivity index (χ0) is 14.0. The van der Waals surface area contributed by atoms with Crippen LogP contribution in [0.25, 0.3) is 0 Å². The summed E-state index contributed by atoms with van der Waals surface area (Å²) in [6.07, 6.45) is 0. The molecule has 0 atom stereocenters. The number of rotatable bonds is 4. The van der Waals surface area contributed by atoms with Gasteiger partial charge in [0.15, 0.2) is 0 Å². The Bertz CT molecular complexity index is 525. The minimum atomic E-state index is -0.534. The zero-order valence-electron chi connectivity index (χ0n) is 10.6. The Morgan fingerprint density at radius 3 is 2.68 bits per heavy atom. The molecule has 0 aliphatic carbocycles. The summed E-state index contributed by atoms with van der Waals surface area (Å²) < 4.78 is 9.69. The number of hydrogen-bond donors (Lipinski definition) is 1. The Kier molecular flexibility index (Phi) is 3.39. The first-order chi connectivity index (χ1) is 8.95. The summed E-state index contributed by atoms with van der Waals surface area (Å²) in [6, 6.07) is 4.08. The molecule has 19 heavy (non-hydrogen) atoms. The van der Waals surface area contributed by atoms with Crippen LogP contribution in [0, 0.1) is 10.1 Å². The van der Waals surface area contributed by atoms with Gasteiger partial charge >= 0.3 is 5.97 Å². The van der Waals surface area contributed by atoms with Crippen molar-refractivity contribution in [1.29, 1.82) is 0 Å². The second-order valence-electron chi connectivity index (χ2n) is 4.66. The van der Waals surface area contributed by atoms with E-state index in [0.29, 0.717) is 18.9 Å². The predicted molar refractivity (Wildman–Crippen MR) is 67.3 cm³/mol. The van der Waals surface area contributed by atoms with Crippen molar-refractivity contribution >= 4 is 17.3 Å². The molecule has 102 valence electrons. The summed E-state index contributed by atoms with van der Waals surface area (Å²) in [7, 11) is 1.26. The van der Waals surface area contributed by atoms with Crippen LogP contribution in [-0.4, -0.2) is 36.8 Å². The molecule has 0 bridgehead atoms. The summed E-state index contributed by atoms with van der Waals surface area (Å²) in [4.78, 5) is 21.9. The lowest BCUT2D eigenvalue weighted by Gasteiger charge is -2.39. The minimum Gasteiger partial charge on any atom is -0.465 e. The SMILES string of the molecule is COC(=O)c1ccc([N+](=O)[O-])c(NC2(C)COC2)c1. The van der Waals surface area contributed by atoms with E-state index >= 15 is 0 Å². The van der Waals surface area contributed by atoms with Crippen molar-refractivity contribution in [3.8, 4) is 0 Å². The van der Waals surface area contributed by atoms with Crippen molar-refractivity contribution in [2.24, 2.45) is 0 Å². The van der Waals surface area contributed by atoms with Crippen LogP contribution in [0.2, 0.25) is 0 Å². The summed E-state index contributed by atoms with van der Waals surface area (Å²) in [6.45, 7) is 2.82. The van der Waals surface area contributed by atoms with Gasteiger partial charge in [0.05, 0.1) is 36.3 Å². The number of anilines is 1. The Balaban J connectivity index is 2.35. The number of nitrogens with one attached hydrogen (secondary N) is 1. The van der Waals surface area contributed by atoms with Gasteiger partial charge in [-0.25, -0.2) is 4.79 Å². The molecule has 0 radical (unpaired) electrons. The van der Waals surface area contributed by atoms with Crippen molar-refractivity contribution in [1.82, 2.24) is 0 Å². The first-order valence-electron chi connectivity index (χ1n) is 5.68. The first kappa shape index (κ1) is 13.3. The van der Waals surface area contributed by atoms with Gasteiger partial charge in [-0.05, 0) is 19.1 Å². The fourth-order valence-corrected chi connectivity index (χ4v) is 1.85. The molecule has 1 aliphatic heterocycles. The summed E-state index contributed by atoms with van der Waals surface area (Å²) in [5.41, 5.74) is 0.124. The highest BCUT2D eigenvalue weighted by Gasteiger charge is 2.35. The van der Waals surface area contributed by atoms with Crippen molar-refractivity contribution in [3.63, 3.8) is 0 Å². The highest BCUT2D eigenvalue weighted by atomic mass is 16.6. The number of nitro benzene ring substituents is 1. The van der Waals surface area contributed by atoms with Crippen LogP contribution in [0.1, 0.15) is 17.3 Å². The fraction of sp³-hybridized carbons (Fsp3) is 0.417. The highest BCUT2D eigenvalue weighted by molar-refractivity contribution is 5.91. The molecule has 1 aliphatic rings. The molecule has 0 amide bonds. The number of esters is 1. The lowest BCUT2D eigenvalue weighted by atomic mass is 9.99. The van der Waals surface area contributed by atoms with E-state index in [1.807, 2.05) is 6.92 Å². The molecular formula is C12H14N2O5. The van der Waals surface area contributed by atoms with Gasteiger partial charge in [0, 0.05) is 6.07 Å². The van der Waals surface area contributed by atoms with E-state index in [1.165, 1.54) is 25.3 Å². The van der Waals surface area contributed by atoms with Crippen LogP contribution < -0.4 is 5.32 Å². The highest BCUT2D eigenvalue weighted by Crippen LogP contribution is 2.31. The van der Waals surface area contributed by atoms with E-state index in [2.05, 4.69) is 10.1 Å². The molecule has 7 heteroatoms. The Labute approximate surface area is 109 Å². The topological polar surface area (TPSA) is 90.7 Å². The number of hydrogen-bond acceptors (Lipinski definition) is 6. The number of benzene rings is 1. The van der Waals surface area contributed by atoms with Crippen LogP contribution in [0.5, 0.6) is 0 Å².